The Morgan fingerprint density at radius 1 is 1.47 bits per heavy atom. The van der Waals surface area contributed by atoms with Gasteiger partial charge in [0.1, 0.15) is 0 Å². The third kappa shape index (κ3) is 3.34. The lowest BCUT2D eigenvalue weighted by Gasteiger charge is -2.16. The molecule has 3 heteroatoms. The van der Waals surface area contributed by atoms with Gasteiger partial charge in [0.25, 0.3) is 0 Å². The SMILES string of the molecule is O=C(CC1=CCCNC1)NC1CCCC1. The summed E-state index contributed by atoms with van der Waals surface area (Å²) in [4.78, 5) is 11.7. The Morgan fingerprint density at radius 2 is 2.27 bits per heavy atom. The summed E-state index contributed by atoms with van der Waals surface area (Å²) in [5.41, 5.74) is 1.25. The Bertz CT molecular complexity index is 254. The van der Waals surface area contributed by atoms with Gasteiger partial charge in [-0.15, -0.1) is 0 Å². The average Bonchev–Trinajstić information content (AvgIpc) is 2.71. The lowest BCUT2D eigenvalue weighted by Crippen LogP contribution is -2.34. The number of hydrogen-bond acceptors (Lipinski definition) is 2. The normalized spacial score (nSPS) is 22.5. The van der Waals surface area contributed by atoms with Crippen molar-refractivity contribution in [2.45, 2.75) is 44.6 Å². The molecule has 0 bridgehead atoms. The Hall–Kier alpha value is -0.830. The molecule has 0 saturated heterocycles. The molecule has 0 aromatic heterocycles. The standard InChI is InChI=1S/C12H20N2O/c15-12(14-11-5-1-2-6-11)8-10-4-3-7-13-9-10/h4,11,13H,1-3,5-9H2,(H,14,15). The maximum absolute atomic E-state index is 11.7. The summed E-state index contributed by atoms with van der Waals surface area (Å²) in [6.45, 7) is 1.94. The van der Waals surface area contributed by atoms with Crippen LogP contribution < -0.4 is 10.6 Å². The van der Waals surface area contributed by atoms with E-state index < -0.39 is 0 Å². The number of carbonyl (C=O) groups excluding carboxylic acids is 1. The fourth-order valence-electron chi connectivity index (χ4n) is 2.39. The lowest BCUT2D eigenvalue weighted by molar-refractivity contribution is -0.121. The van der Waals surface area contributed by atoms with E-state index in [1.165, 1.54) is 31.3 Å². The first-order chi connectivity index (χ1) is 7.34. The van der Waals surface area contributed by atoms with Gasteiger partial charge >= 0.3 is 0 Å². The lowest BCUT2D eigenvalue weighted by atomic mass is 10.1. The van der Waals surface area contributed by atoms with Gasteiger partial charge in [-0.3, -0.25) is 4.79 Å². The third-order valence-electron chi connectivity index (χ3n) is 3.21. The van der Waals surface area contributed by atoms with Crippen molar-refractivity contribution in [1.29, 1.82) is 0 Å². The number of hydrogen-bond donors (Lipinski definition) is 2. The van der Waals surface area contributed by atoms with Crippen LogP contribution in [0.15, 0.2) is 11.6 Å². The average molecular weight is 208 g/mol. The van der Waals surface area contributed by atoms with Crippen molar-refractivity contribution in [2.75, 3.05) is 13.1 Å². The van der Waals surface area contributed by atoms with Gasteiger partial charge < -0.3 is 10.6 Å². The molecule has 2 aliphatic rings. The molecule has 1 aliphatic carbocycles. The van der Waals surface area contributed by atoms with Gasteiger partial charge in [0, 0.05) is 19.0 Å². The predicted octanol–water partition coefficient (Wildman–Crippen LogP) is 1.35. The van der Waals surface area contributed by atoms with Gasteiger partial charge in [0.2, 0.25) is 5.91 Å². The van der Waals surface area contributed by atoms with Crippen molar-refractivity contribution in [2.24, 2.45) is 0 Å². The van der Waals surface area contributed by atoms with Crippen LogP contribution >= 0.6 is 0 Å². The van der Waals surface area contributed by atoms with E-state index in [4.69, 9.17) is 0 Å². The quantitative estimate of drug-likeness (QED) is 0.687. The first kappa shape index (κ1) is 10.7. The second kappa shape index (κ2) is 5.31. The summed E-state index contributed by atoms with van der Waals surface area (Å²) >= 11 is 0. The van der Waals surface area contributed by atoms with Crippen LogP contribution in [0.5, 0.6) is 0 Å². The fourth-order valence-corrected chi connectivity index (χ4v) is 2.39. The van der Waals surface area contributed by atoms with Crippen molar-refractivity contribution >= 4 is 5.91 Å². The van der Waals surface area contributed by atoms with Crippen molar-refractivity contribution in [3.05, 3.63) is 11.6 Å². The molecule has 1 saturated carbocycles. The number of nitrogens with one attached hydrogen (secondary N) is 2. The molecule has 0 aromatic rings. The van der Waals surface area contributed by atoms with Crippen LogP contribution in [0.4, 0.5) is 0 Å². The molecule has 3 nitrogen and oxygen atoms in total. The Morgan fingerprint density at radius 3 is 2.93 bits per heavy atom. The fraction of sp³-hybridized carbons (Fsp3) is 0.750. The zero-order valence-corrected chi connectivity index (χ0v) is 9.22. The van der Waals surface area contributed by atoms with Crippen LogP contribution in [0.25, 0.3) is 0 Å². The molecule has 2 N–H and O–H groups in total. The molecule has 15 heavy (non-hydrogen) atoms. The molecule has 0 radical (unpaired) electrons. The van der Waals surface area contributed by atoms with Crippen molar-refractivity contribution in [1.82, 2.24) is 10.6 Å². The van der Waals surface area contributed by atoms with Gasteiger partial charge in [0.15, 0.2) is 0 Å². The highest BCUT2D eigenvalue weighted by Crippen LogP contribution is 2.18. The van der Waals surface area contributed by atoms with Crippen LogP contribution in [0.1, 0.15) is 38.5 Å². The smallest absolute Gasteiger partial charge is 0.224 e. The molecular formula is C12H20N2O. The highest BCUT2D eigenvalue weighted by molar-refractivity contribution is 5.78. The maximum Gasteiger partial charge on any atom is 0.224 e. The molecule has 1 fully saturated rings. The molecule has 1 aliphatic heterocycles. The van der Waals surface area contributed by atoms with Crippen LogP contribution in [0.2, 0.25) is 0 Å². The van der Waals surface area contributed by atoms with E-state index in [1.54, 1.807) is 0 Å². The second-order valence-electron chi connectivity index (χ2n) is 4.55. The van der Waals surface area contributed by atoms with Gasteiger partial charge in [-0.1, -0.05) is 24.5 Å². The van der Waals surface area contributed by atoms with Gasteiger partial charge in [0.05, 0.1) is 0 Å². The Labute approximate surface area is 91.3 Å². The highest BCUT2D eigenvalue weighted by Gasteiger charge is 2.17. The molecule has 0 atom stereocenters. The summed E-state index contributed by atoms with van der Waals surface area (Å²) in [6.07, 6.45) is 8.73. The van der Waals surface area contributed by atoms with E-state index in [2.05, 4.69) is 16.7 Å². The van der Waals surface area contributed by atoms with Gasteiger partial charge in [-0.25, -0.2) is 0 Å². The van der Waals surface area contributed by atoms with Crippen molar-refractivity contribution in [3.63, 3.8) is 0 Å². The summed E-state index contributed by atoms with van der Waals surface area (Å²) in [6, 6.07) is 0.453. The molecule has 1 amide bonds. The molecule has 0 spiro atoms. The van der Waals surface area contributed by atoms with Crippen molar-refractivity contribution in [3.8, 4) is 0 Å². The van der Waals surface area contributed by atoms with E-state index in [0.29, 0.717) is 12.5 Å². The summed E-state index contributed by atoms with van der Waals surface area (Å²) < 4.78 is 0. The van der Waals surface area contributed by atoms with Crippen LogP contribution in [-0.2, 0) is 4.79 Å². The number of carbonyl (C=O) groups is 1. The highest BCUT2D eigenvalue weighted by atomic mass is 16.1. The van der Waals surface area contributed by atoms with E-state index in [-0.39, 0.29) is 5.91 Å². The minimum atomic E-state index is 0.205. The van der Waals surface area contributed by atoms with Gasteiger partial charge in [-0.2, -0.15) is 0 Å². The van der Waals surface area contributed by atoms with Crippen LogP contribution in [0, 0.1) is 0 Å². The Kier molecular flexibility index (Phi) is 3.78. The largest absolute Gasteiger partial charge is 0.353 e. The predicted molar refractivity (Wildman–Crippen MR) is 60.6 cm³/mol. The van der Waals surface area contributed by atoms with Crippen LogP contribution in [-0.4, -0.2) is 25.0 Å². The summed E-state index contributed by atoms with van der Waals surface area (Å²) in [5, 5.41) is 6.40. The second-order valence-corrected chi connectivity index (χ2v) is 4.55. The van der Waals surface area contributed by atoms with E-state index in [1.807, 2.05) is 0 Å². The molecule has 84 valence electrons. The van der Waals surface area contributed by atoms with E-state index in [9.17, 15) is 4.79 Å². The third-order valence-corrected chi connectivity index (χ3v) is 3.21. The Balaban J connectivity index is 1.73. The summed E-state index contributed by atoms with van der Waals surface area (Å²) in [5.74, 6) is 0.205. The number of amides is 1. The minimum Gasteiger partial charge on any atom is -0.353 e. The maximum atomic E-state index is 11.7. The van der Waals surface area contributed by atoms with Gasteiger partial charge in [-0.05, 0) is 25.8 Å². The van der Waals surface area contributed by atoms with Crippen molar-refractivity contribution < 1.29 is 4.79 Å². The zero-order chi connectivity index (χ0) is 10.5. The van der Waals surface area contributed by atoms with Crippen LogP contribution in [0.3, 0.4) is 0 Å². The van der Waals surface area contributed by atoms with E-state index >= 15 is 0 Å². The minimum absolute atomic E-state index is 0.205. The molecule has 1 heterocycles. The zero-order valence-electron chi connectivity index (χ0n) is 9.22. The molecule has 0 aromatic carbocycles. The topological polar surface area (TPSA) is 41.1 Å². The first-order valence-electron chi connectivity index (χ1n) is 6.02. The molecule has 0 unspecified atom stereocenters. The van der Waals surface area contributed by atoms with E-state index in [0.717, 1.165) is 19.5 Å². The molecular weight excluding hydrogens is 188 g/mol. The monoisotopic (exact) mass is 208 g/mol. The number of rotatable bonds is 3. The summed E-state index contributed by atoms with van der Waals surface area (Å²) in [7, 11) is 0. The molecule has 2 rings (SSSR count). The first-order valence-corrected chi connectivity index (χ1v) is 6.02.